The molecule has 0 aliphatic carbocycles. The molecular formula is C20H34N4O2S. The first kappa shape index (κ1) is 22.0. The molecule has 1 aliphatic rings. The van der Waals surface area contributed by atoms with Crippen LogP contribution in [0.5, 0.6) is 0 Å². The van der Waals surface area contributed by atoms with Crippen LogP contribution in [-0.4, -0.2) is 60.0 Å². The molecule has 0 spiro atoms. The third-order valence-corrected chi connectivity index (χ3v) is 5.34. The second-order valence-corrected chi connectivity index (χ2v) is 7.60. The van der Waals surface area contributed by atoms with E-state index in [9.17, 15) is 0 Å². The molecule has 0 amide bonds. The molecule has 1 aliphatic heterocycles. The Balaban J connectivity index is 0.00000126. The van der Waals surface area contributed by atoms with Gasteiger partial charge in [-0.1, -0.05) is 13.8 Å². The Kier molecular flexibility index (Phi) is 9.38. The van der Waals surface area contributed by atoms with Crippen LogP contribution >= 0.6 is 11.8 Å². The number of anilines is 1. The minimum atomic E-state index is 0.538. The van der Waals surface area contributed by atoms with Crippen LogP contribution in [0.3, 0.4) is 0 Å². The van der Waals surface area contributed by atoms with Gasteiger partial charge in [-0.25, -0.2) is 9.97 Å². The Morgan fingerprint density at radius 3 is 2.74 bits per heavy atom. The molecule has 0 atom stereocenters. The van der Waals surface area contributed by atoms with Crippen LogP contribution in [0, 0.1) is 12.8 Å². The van der Waals surface area contributed by atoms with Gasteiger partial charge < -0.3 is 18.9 Å². The number of hydrogen-bond acceptors (Lipinski definition) is 6. The van der Waals surface area contributed by atoms with Crippen molar-refractivity contribution >= 4 is 28.6 Å². The highest BCUT2D eigenvalue weighted by Crippen LogP contribution is 2.27. The summed E-state index contributed by atoms with van der Waals surface area (Å²) in [4.78, 5) is 11.3. The van der Waals surface area contributed by atoms with Crippen molar-refractivity contribution in [1.29, 1.82) is 0 Å². The van der Waals surface area contributed by atoms with Gasteiger partial charge in [0, 0.05) is 38.3 Å². The summed E-state index contributed by atoms with van der Waals surface area (Å²) < 4.78 is 13.4. The van der Waals surface area contributed by atoms with Crippen molar-refractivity contribution in [3.8, 4) is 0 Å². The maximum Gasteiger partial charge on any atom is 0.147 e. The first-order valence-electron chi connectivity index (χ1n) is 9.87. The molecule has 2 aromatic rings. The lowest BCUT2D eigenvalue weighted by Crippen LogP contribution is -2.30. The third kappa shape index (κ3) is 5.83. The average molecular weight is 395 g/mol. The van der Waals surface area contributed by atoms with Crippen molar-refractivity contribution in [3.63, 3.8) is 0 Å². The zero-order valence-corrected chi connectivity index (χ0v) is 18.2. The maximum absolute atomic E-state index is 5.78. The van der Waals surface area contributed by atoms with Crippen molar-refractivity contribution in [1.82, 2.24) is 14.5 Å². The van der Waals surface area contributed by atoms with Crippen LogP contribution in [0.2, 0.25) is 0 Å². The highest BCUT2D eigenvalue weighted by Gasteiger charge is 2.19. The SMILES string of the molecule is CC.CSCCOCn1c(C)cc2c(N(C)CC3CCOCC3)ncnc21. The van der Waals surface area contributed by atoms with Crippen LogP contribution in [0.1, 0.15) is 32.4 Å². The molecule has 0 aromatic carbocycles. The van der Waals surface area contributed by atoms with Gasteiger partial charge in [0.15, 0.2) is 0 Å². The summed E-state index contributed by atoms with van der Waals surface area (Å²) in [5.74, 6) is 2.68. The lowest BCUT2D eigenvalue weighted by Gasteiger charge is -2.28. The fourth-order valence-corrected chi connectivity index (χ4v) is 3.63. The van der Waals surface area contributed by atoms with E-state index in [2.05, 4.69) is 45.7 Å². The summed E-state index contributed by atoms with van der Waals surface area (Å²) in [6.45, 7) is 10.1. The van der Waals surface area contributed by atoms with Gasteiger partial charge in [0.25, 0.3) is 0 Å². The van der Waals surface area contributed by atoms with Gasteiger partial charge >= 0.3 is 0 Å². The van der Waals surface area contributed by atoms with Crippen LogP contribution in [0.15, 0.2) is 12.4 Å². The van der Waals surface area contributed by atoms with Crippen molar-refractivity contribution < 1.29 is 9.47 Å². The monoisotopic (exact) mass is 394 g/mol. The smallest absolute Gasteiger partial charge is 0.147 e. The van der Waals surface area contributed by atoms with Crippen LogP contribution < -0.4 is 4.90 Å². The Labute approximate surface area is 167 Å². The predicted octanol–water partition coefficient (Wildman–Crippen LogP) is 3.97. The fraction of sp³-hybridized carbons (Fsp3) is 0.700. The van der Waals surface area contributed by atoms with Gasteiger partial charge in [-0.15, -0.1) is 0 Å². The molecule has 2 aromatic heterocycles. The Hall–Kier alpha value is -1.31. The van der Waals surface area contributed by atoms with E-state index in [1.54, 1.807) is 18.1 Å². The highest BCUT2D eigenvalue weighted by atomic mass is 32.2. The van der Waals surface area contributed by atoms with E-state index in [1.807, 2.05) is 13.8 Å². The van der Waals surface area contributed by atoms with E-state index in [0.717, 1.165) is 67.5 Å². The van der Waals surface area contributed by atoms with Crippen molar-refractivity contribution in [2.45, 2.75) is 40.3 Å². The molecule has 152 valence electrons. The molecule has 7 heteroatoms. The largest absolute Gasteiger partial charge is 0.381 e. The summed E-state index contributed by atoms with van der Waals surface area (Å²) in [6.07, 6.45) is 6.01. The van der Waals surface area contributed by atoms with E-state index in [1.165, 1.54) is 0 Å². The first-order chi connectivity index (χ1) is 13.2. The minimum absolute atomic E-state index is 0.538. The summed E-state index contributed by atoms with van der Waals surface area (Å²) in [5, 5.41) is 1.10. The zero-order chi connectivity index (χ0) is 19.6. The molecule has 0 N–H and O–H groups in total. The van der Waals surface area contributed by atoms with Crippen molar-refractivity contribution in [2.24, 2.45) is 5.92 Å². The van der Waals surface area contributed by atoms with Gasteiger partial charge in [0.1, 0.15) is 24.5 Å². The summed E-state index contributed by atoms with van der Waals surface area (Å²) in [6, 6.07) is 2.17. The molecule has 27 heavy (non-hydrogen) atoms. The van der Waals surface area contributed by atoms with Crippen molar-refractivity contribution in [2.75, 3.05) is 50.3 Å². The number of nitrogens with zero attached hydrogens (tertiary/aromatic N) is 4. The number of ether oxygens (including phenoxy) is 2. The van der Waals surface area contributed by atoms with Gasteiger partial charge in [0.05, 0.1) is 12.0 Å². The molecule has 0 saturated carbocycles. The van der Waals surface area contributed by atoms with Gasteiger partial charge in [-0.05, 0) is 38.0 Å². The number of rotatable bonds is 8. The van der Waals surface area contributed by atoms with Gasteiger partial charge in [0.2, 0.25) is 0 Å². The molecule has 0 radical (unpaired) electrons. The standard InChI is InChI=1S/C18H28N4O2S.C2H6/c1-14-10-16-17(21(2)11-15-4-6-23-7-5-15)19-12-20-18(16)22(14)13-24-8-9-25-3;1-2/h10,12,15H,4-9,11,13H2,1-3H3;1-2H3. The van der Waals surface area contributed by atoms with E-state index in [0.29, 0.717) is 12.6 Å². The quantitative estimate of drug-likeness (QED) is 0.632. The normalized spacial score (nSPS) is 14.9. The molecule has 1 saturated heterocycles. The lowest BCUT2D eigenvalue weighted by molar-refractivity contribution is 0.0685. The predicted molar refractivity (Wildman–Crippen MR) is 115 cm³/mol. The fourth-order valence-electron chi connectivity index (χ4n) is 3.34. The zero-order valence-electron chi connectivity index (χ0n) is 17.4. The molecular weight excluding hydrogens is 360 g/mol. The topological polar surface area (TPSA) is 52.4 Å². The number of fused-ring (bicyclic) bond motifs is 1. The molecule has 3 rings (SSSR count). The maximum atomic E-state index is 5.78. The summed E-state index contributed by atoms with van der Waals surface area (Å²) in [7, 11) is 2.12. The van der Waals surface area contributed by atoms with E-state index in [-0.39, 0.29) is 0 Å². The van der Waals surface area contributed by atoms with Gasteiger partial charge in [-0.2, -0.15) is 11.8 Å². The number of thioether (sulfide) groups is 1. The molecule has 6 nitrogen and oxygen atoms in total. The lowest BCUT2D eigenvalue weighted by atomic mass is 10.00. The second-order valence-electron chi connectivity index (χ2n) is 6.61. The molecule has 0 unspecified atom stereocenters. The first-order valence-corrected chi connectivity index (χ1v) is 11.3. The van der Waals surface area contributed by atoms with E-state index < -0.39 is 0 Å². The van der Waals surface area contributed by atoms with E-state index >= 15 is 0 Å². The molecule has 3 heterocycles. The van der Waals surface area contributed by atoms with Crippen LogP contribution in [-0.2, 0) is 16.2 Å². The summed E-state index contributed by atoms with van der Waals surface area (Å²) in [5.41, 5.74) is 2.10. The molecule has 0 bridgehead atoms. The Morgan fingerprint density at radius 2 is 2.04 bits per heavy atom. The van der Waals surface area contributed by atoms with Crippen LogP contribution in [0.25, 0.3) is 11.0 Å². The van der Waals surface area contributed by atoms with Gasteiger partial charge in [-0.3, -0.25) is 0 Å². The Morgan fingerprint density at radius 1 is 1.30 bits per heavy atom. The average Bonchev–Trinajstić information content (AvgIpc) is 3.03. The minimum Gasteiger partial charge on any atom is -0.381 e. The van der Waals surface area contributed by atoms with Crippen LogP contribution in [0.4, 0.5) is 5.82 Å². The Bertz CT molecular complexity index is 686. The number of hydrogen-bond donors (Lipinski definition) is 0. The number of aryl methyl sites for hydroxylation is 1. The number of aromatic nitrogens is 3. The second kappa shape index (κ2) is 11.5. The highest BCUT2D eigenvalue weighted by molar-refractivity contribution is 7.98. The summed E-state index contributed by atoms with van der Waals surface area (Å²) >= 11 is 1.79. The third-order valence-electron chi connectivity index (χ3n) is 4.76. The van der Waals surface area contributed by atoms with Crippen molar-refractivity contribution in [3.05, 3.63) is 18.1 Å². The molecule has 1 fully saturated rings. The van der Waals surface area contributed by atoms with E-state index in [4.69, 9.17) is 9.47 Å².